The molecule has 1 atom stereocenters. The summed E-state index contributed by atoms with van der Waals surface area (Å²) in [5.41, 5.74) is 2.86. The Hall–Kier alpha value is -2.94. The maximum atomic E-state index is 12.8. The van der Waals surface area contributed by atoms with Gasteiger partial charge in [0.2, 0.25) is 0 Å². The van der Waals surface area contributed by atoms with Crippen molar-refractivity contribution in [3.05, 3.63) is 78.4 Å². The van der Waals surface area contributed by atoms with Gasteiger partial charge < -0.3 is 0 Å². The number of para-hydroxylation sites is 1. The average molecular weight is 314 g/mol. The molecule has 1 aliphatic heterocycles. The van der Waals surface area contributed by atoms with E-state index in [-0.39, 0.29) is 11.8 Å². The fraction of sp³-hybridized carbons (Fsp3) is 0.143. The van der Waals surface area contributed by atoms with Crippen LogP contribution in [0.15, 0.2) is 77.9 Å². The Balaban J connectivity index is 1.60. The summed E-state index contributed by atoms with van der Waals surface area (Å²) in [6.45, 7) is 1.94. The Kier molecular flexibility index (Phi) is 3.62. The van der Waals surface area contributed by atoms with Crippen molar-refractivity contribution < 1.29 is 4.79 Å². The van der Waals surface area contributed by atoms with Crippen LogP contribution < -0.4 is 5.01 Å². The fourth-order valence-electron chi connectivity index (χ4n) is 3.19. The molecule has 0 bridgehead atoms. The molecular formula is C21H18N2O. The predicted octanol–water partition coefficient (Wildman–Crippen LogP) is 4.42. The third kappa shape index (κ3) is 2.58. The van der Waals surface area contributed by atoms with Crippen molar-refractivity contribution in [2.75, 3.05) is 5.01 Å². The number of hydrogen-bond acceptors (Lipinski definition) is 2. The Morgan fingerprint density at radius 2 is 1.62 bits per heavy atom. The van der Waals surface area contributed by atoms with Crippen LogP contribution in [0.3, 0.4) is 0 Å². The van der Waals surface area contributed by atoms with Crippen molar-refractivity contribution >= 4 is 28.1 Å². The molecule has 0 spiro atoms. The second-order valence-electron chi connectivity index (χ2n) is 6.17. The summed E-state index contributed by atoms with van der Waals surface area (Å²) >= 11 is 0. The zero-order valence-electron chi connectivity index (χ0n) is 13.5. The highest BCUT2D eigenvalue weighted by molar-refractivity contribution is 6.14. The summed E-state index contributed by atoms with van der Waals surface area (Å²) in [4.78, 5) is 12.8. The van der Waals surface area contributed by atoms with Crippen LogP contribution in [-0.4, -0.2) is 11.6 Å². The molecule has 0 saturated heterocycles. The number of rotatable bonds is 3. The summed E-state index contributed by atoms with van der Waals surface area (Å²) in [6, 6.07) is 24.3. The Bertz CT molecular complexity index is 931. The number of anilines is 1. The van der Waals surface area contributed by atoms with Crippen LogP contribution in [-0.2, 0) is 11.2 Å². The van der Waals surface area contributed by atoms with E-state index in [1.807, 2.05) is 49.4 Å². The molecule has 24 heavy (non-hydrogen) atoms. The van der Waals surface area contributed by atoms with Crippen LogP contribution in [0.2, 0.25) is 0 Å². The molecule has 118 valence electrons. The summed E-state index contributed by atoms with van der Waals surface area (Å²) < 4.78 is 0. The van der Waals surface area contributed by atoms with Crippen LogP contribution in [0.5, 0.6) is 0 Å². The lowest BCUT2D eigenvalue weighted by Crippen LogP contribution is -2.28. The summed E-state index contributed by atoms with van der Waals surface area (Å²) in [7, 11) is 0. The third-order valence-corrected chi connectivity index (χ3v) is 4.52. The number of amides is 1. The number of hydrogen-bond donors (Lipinski definition) is 0. The van der Waals surface area contributed by atoms with Crippen molar-refractivity contribution in [2.24, 2.45) is 11.0 Å². The molecule has 4 rings (SSSR count). The van der Waals surface area contributed by atoms with E-state index in [4.69, 9.17) is 0 Å². The minimum atomic E-state index is -0.189. The van der Waals surface area contributed by atoms with Gasteiger partial charge in [0.15, 0.2) is 0 Å². The van der Waals surface area contributed by atoms with Crippen LogP contribution in [0, 0.1) is 5.92 Å². The molecule has 0 saturated carbocycles. The molecule has 0 fully saturated rings. The number of nitrogens with zero attached hydrogens (tertiary/aromatic N) is 2. The Morgan fingerprint density at radius 3 is 2.42 bits per heavy atom. The molecule has 3 nitrogen and oxygen atoms in total. The Labute approximate surface area is 141 Å². The van der Waals surface area contributed by atoms with E-state index in [0.29, 0.717) is 6.42 Å². The second-order valence-corrected chi connectivity index (χ2v) is 6.17. The lowest BCUT2D eigenvalue weighted by Gasteiger charge is -2.14. The monoisotopic (exact) mass is 314 g/mol. The fourth-order valence-corrected chi connectivity index (χ4v) is 3.19. The highest BCUT2D eigenvalue weighted by Gasteiger charge is 2.34. The smallest absolute Gasteiger partial charge is 0.256 e. The molecule has 3 aromatic carbocycles. The number of hydrazone groups is 1. The summed E-state index contributed by atoms with van der Waals surface area (Å²) in [5, 5.41) is 8.43. The van der Waals surface area contributed by atoms with Gasteiger partial charge in [0.05, 0.1) is 11.6 Å². The van der Waals surface area contributed by atoms with Gasteiger partial charge in [0.25, 0.3) is 5.91 Å². The van der Waals surface area contributed by atoms with Crippen LogP contribution in [0.1, 0.15) is 12.5 Å². The van der Waals surface area contributed by atoms with Crippen molar-refractivity contribution in [2.45, 2.75) is 13.3 Å². The maximum absolute atomic E-state index is 12.8. The highest BCUT2D eigenvalue weighted by atomic mass is 16.2. The molecule has 1 unspecified atom stereocenters. The third-order valence-electron chi connectivity index (χ3n) is 4.52. The predicted molar refractivity (Wildman–Crippen MR) is 98.2 cm³/mol. The molecule has 0 radical (unpaired) electrons. The number of benzene rings is 3. The van der Waals surface area contributed by atoms with Gasteiger partial charge in [-0.25, -0.2) is 5.01 Å². The number of fused-ring (bicyclic) bond motifs is 1. The van der Waals surface area contributed by atoms with Gasteiger partial charge in [-0.05, 0) is 41.8 Å². The van der Waals surface area contributed by atoms with Crippen LogP contribution in [0.25, 0.3) is 10.8 Å². The van der Waals surface area contributed by atoms with E-state index in [9.17, 15) is 4.79 Å². The first kappa shape index (κ1) is 14.6. The van der Waals surface area contributed by atoms with Gasteiger partial charge in [-0.3, -0.25) is 4.79 Å². The SMILES string of the molecule is CC1=NN(c2ccccc2)C(=O)C1Cc1ccc2ccccc2c1. The molecule has 0 N–H and O–H groups in total. The summed E-state index contributed by atoms with van der Waals surface area (Å²) in [6.07, 6.45) is 0.683. The van der Waals surface area contributed by atoms with Crippen molar-refractivity contribution in [1.29, 1.82) is 0 Å². The minimum Gasteiger partial charge on any atom is -0.272 e. The zero-order valence-corrected chi connectivity index (χ0v) is 13.5. The maximum Gasteiger partial charge on any atom is 0.256 e. The van der Waals surface area contributed by atoms with Gasteiger partial charge in [0.1, 0.15) is 0 Å². The van der Waals surface area contributed by atoms with Gasteiger partial charge in [-0.1, -0.05) is 60.7 Å². The standard InChI is InChI=1S/C21H18N2O/c1-15-20(21(24)23(22-15)19-9-3-2-4-10-19)14-16-11-12-17-7-5-6-8-18(17)13-16/h2-13,20H,14H2,1H3. The molecule has 1 amide bonds. The van der Waals surface area contributed by atoms with Gasteiger partial charge in [-0.2, -0.15) is 5.10 Å². The average Bonchev–Trinajstić information content (AvgIpc) is 2.90. The largest absolute Gasteiger partial charge is 0.272 e. The highest BCUT2D eigenvalue weighted by Crippen LogP contribution is 2.27. The normalized spacial score (nSPS) is 17.4. The molecule has 3 aromatic rings. The van der Waals surface area contributed by atoms with Gasteiger partial charge in [0, 0.05) is 5.71 Å². The minimum absolute atomic E-state index is 0.0480. The first-order valence-electron chi connectivity index (χ1n) is 8.14. The van der Waals surface area contributed by atoms with Crippen molar-refractivity contribution in [3.8, 4) is 0 Å². The number of carbonyl (C=O) groups excluding carboxylic acids is 1. The summed E-state index contributed by atoms with van der Waals surface area (Å²) in [5.74, 6) is -0.141. The second kappa shape index (κ2) is 5.93. The van der Waals surface area contributed by atoms with Crippen molar-refractivity contribution in [3.63, 3.8) is 0 Å². The van der Waals surface area contributed by atoms with E-state index >= 15 is 0 Å². The molecule has 1 aliphatic rings. The topological polar surface area (TPSA) is 32.7 Å². The molecule has 0 aromatic heterocycles. The Morgan fingerprint density at radius 1 is 0.917 bits per heavy atom. The van der Waals surface area contributed by atoms with E-state index in [2.05, 4.69) is 35.4 Å². The first-order chi connectivity index (χ1) is 11.7. The first-order valence-corrected chi connectivity index (χ1v) is 8.14. The number of carbonyl (C=O) groups is 1. The van der Waals surface area contributed by atoms with Gasteiger partial charge >= 0.3 is 0 Å². The van der Waals surface area contributed by atoms with E-state index < -0.39 is 0 Å². The van der Waals surface area contributed by atoms with Crippen LogP contribution >= 0.6 is 0 Å². The lowest BCUT2D eigenvalue weighted by molar-refractivity contribution is -0.119. The van der Waals surface area contributed by atoms with E-state index in [1.54, 1.807) is 0 Å². The molecule has 0 aliphatic carbocycles. The molecule has 1 heterocycles. The van der Waals surface area contributed by atoms with E-state index in [0.717, 1.165) is 17.0 Å². The zero-order chi connectivity index (χ0) is 16.5. The van der Waals surface area contributed by atoms with E-state index in [1.165, 1.54) is 15.8 Å². The lowest BCUT2D eigenvalue weighted by atomic mass is 9.94. The van der Waals surface area contributed by atoms with Crippen LogP contribution in [0.4, 0.5) is 5.69 Å². The van der Waals surface area contributed by atoms with Crippen molar-refractivity contribution in [1.82, 2.24) is 0 Å². The molecular weight excluding hydrogens is 296 g/mol. The quantitative estimate of drug-likeness (QED) is 0.704. The molecule has 3 heteroatoms. The van der Waals surface area contributed by atoms with Gasteiger partial charge in [-0.15, -0.1) is 0 Å².